The number of H-pyrrole nitrogens is 2. The van der Waals surface area contributed by atoms with Crippen LogP contribution in [0.2, 0.25) is 0 Å². The van der Waals surface area contributed by atoms with E-state index >= 15 is 0 Å². The van der Waals surface area contributed by atoms with E-state index < -0.39 is 40.5 Å². The number of aromatic hydroxyl groups is 1. The first kappa shape index (κ1) is 25.5. The molecule has 0 unspecified atom stereocenters. The molecule has 0 spiro atoms. The zero-order valence-corrected chi connectivity index (χ0v) is 19.2. The minimum atomic E-state index is -0.927. The summed E-state index contributed by atoms with van der Waals surface area (Å²) in [7, 11) is 3.54. The first-order valence-electron chi connectivity index (χ1n) is 10.3. The number of rotatable bonds is 8. The highest BCUT2D eigenvalue weighted by molar-refractivity contribution is 6.06. The van der Waals surface area contributed by atoms with Crippen LogP contribution in [-0.2, 0) is 0 Å². The van der Waals surface area contributed by atoms with Gasteiger partial charge in [-0.3, -0.25) is 34.0 Å². The normalized spacial score (nSPS) is 11.0. The molecule has 1 heterocycles. The van der Waals surface area contributed by atoms with Gasteiger partial charge >= 0.3 is 5.69 Å². The highest BCUT2D eigenvalue weighted by Crippen LogP contribution is 2.21. The molecule has 186 valence electrons. The van der Waals surface area contributed by atoms with E-state index in [1.807, 2.05) is 9.97 Å². The van der Waals surface area contributed by atoms with Crippen LogP contribution in [-0.4, -0.2) is 58.5 Å². The summed E-state index contributed by atoms with van der Waals surface area (Å²) in [4.78, 5) is 65.2. The Bertz CT molecular complexity index is 1460. The molecule has 14 nitrogen and oxygen atoms in total. The van der Waals surface area contributed by atoms with Crippen LogP contribution in [0, 0.1) is 0 Å². The highest BCUT2D eigenvalue weighted by Gasteiger charge is 2.14. The van der Waals surface area contributed by atoms with E-state index in [4.69, 9.17) is 5.73 Å². The van der Waals surface area contributed by atoms with Crippen molar-refractivity contribution in [2.45, 2.75) is 0 Å². The Kier molecular flexibility index (Phi) is 7.71. The summed E-state index contributed by atoms with van der Waals surface area (Å²) in [6.07, 6.45) is 0. The number of amides is 3. The van der Waals surface area contributed by atoms with Crippen molar-refractivity contribution >= 4 is 34.8 Å². The number of benzene rings is 2. The van der Waals surface area contributed by atoms with Gasteiger partial charge in [-0.1, -0.05) is 0 Å². The summed E-state index contributed by atoms with van der Waals surface area (Å²) < 4.78 is 0. The molecule has 0 radical (unpaired) electrons. The number of hydrogen-bond donors (Lipinski definition) is 6. The maximum Gasteiger partial charge on any atom is 0.328 e. The molecule has 7 N–H and O–H groups in total. The molecule has 3 amide bonds. The first-order valence-corrected chi connectivity index (χ1v) is 10.3. The Morgan fingerprint density at radius 3 is 2.22 bits per heavy atom. The highest BCUT2D eigenvalue weighted by atomic mass is 16.3. The SMILES string of the molecule is CN(C)CNC(=O)c1cc(NC(=O)c2ccc(N=Nc3c(O)[nH]c(=O)[nH]c3=O)cc2)cc(C(N)=O)c1. The quantitative estimate of drug-likeness (QED) is 0.195. The zero-order chi connectivity index (χ0) is 26.4. The number of nitrogens with zero attached hydrogens (tertiary/aromatic N) is 3. The number of aromatic amines is 2. The fourth-order valence-electron chi connectivity index (χ4n) is 2.86. The number of azo groups is 1. The molecule has 3 aromatic rings. The van der Waals surface area contributed by atoms with Gasteiger partial charge in [0.2, 0.25) is 17.5 Å². The van der Waals surface area contributed by atoms with Gasteiger partial charge in [0.15, 0.2) is 0 Å². The molecule has 0 fully saturated rings. The molecule has 1 aromatic heterocycles. The molecule has 0 aliphatic carbocycles. The van der Waals surface area contributed by atoms with E-state index in [9.17, 15) is 29.1 Å². The van der Waals surface area contributed by atoms with Crippen molar-refractivity contribution in [2.24, 2.45) is 16.0 Å². The topological polar surface area (TPSA) is 215 Å². The Morgan fingerprint density at radius 2 is 1.61 bits per heavy atom. The Labute approximate surface area is 202 Å². The third-order valence-corrected chi connectivity index (χ3v) is 4.59. The molecule has 3 rings (SSSR count). The second-order valence-corrected chi connectivity index (χ2v) is 7.71. The summed E-state index contributed by atoms with van der Waals surface area (Å²) in [6.45, 7) is 0.265. The summed E-state index contributed by atoms with van der Waals surface area (Å²) in [5.74, 6) is -2.51. The van der Waals surface area contributed by atoms with Crippen LogP contribution in [0.5, 0.6) is 5.88 Å². The minimum Gasteiger partial charge on any atom is -0.493 e. The molecule has 0 aliphatic heterocycles. The maximum absolute atomic E-state index is 12.7. The number of carbonyl (C=O) groups excluding carboxylic acids is 3. The molecular weight excluding hydrogens is 472 g/mol. The standard InChI is InChI=1S/C22H22N8O6/c1-30(2)10-24-18(32)13-7-12(17(23)31)8-15(9-13)25-19(33)11-3-5-14(6-4-11)28-29-16-20(34)26-22(36)27-21(16)35/h3-9H,10H2,1-2H3,(H2,23,31)(H,24,32)(H,25,33)(H3,26,27,34,35,36). The number of nitrogens with one attached hydrogen (secondary N) is 4. The van der Waals surface area contributed by atoms with Gasteiger partial charge in [0.05, 0.1) is 12.4 Å². The number of carbonyl (C=O) groups is 3. The second kappa shape index (κ2) is 10.9. The van der Waals surface area contributed by atoms with Crippen molar-refractivity contribution in [3.05, 3.63) is 80.0 Å². The van der Waals surface area contributed by atoms with Crippen LogP contribution in [0.25, 0.3) is 0 Å². The van der Waals surface area contributed by atoms with Gasteiger partial charge < -0.3 is 21.5 Å². The number of aromatic nitrogens is 2. The number of anilines is 1. The maximum atomic E-state index is 12.7. The zero-order valence-electron chi connectivity index (χ0n) is 19.2. The van der Waals surface area contributed by atoms with Crippen LogP contribution < -0.4 is 27.6 Å². The third-order valence-electron chi connectivity index (χ3n) is 4.59. The number of nitrogens with two attached hydrogens (primary N) is 1. The van der Waals surface area contributed by atoms with Gasteiger partial charge in [-0.15, -0.1) is 5.11 Å². The molecule has 14 heteroatoms. The van der Waals surface area contributed by atoms with Gasteiger partial charge in [-0.25, -0.2) is 4.79 Å². The van der Waals surface area contributed by atoms with Crippen molar-refractivity contribution in [1.29, 1.82) is 0 Å². The van der Waals surface area contributed by atoms with E-state index in [0.29, 0.717) is 0 Å². The van der Waals surface area contributed by atoms with Crippen LogP contribution >= 0.6 is 0 Å². The molecule has 0 aliphatic rings. The van der Waals surface area contributed by atoms with Gasteiger partial charge in [-0.05, 0) is 56.6 Å². The van der Waals surface area contributed by atoms with Gasteiger partial charge in [0.1, 0.15) is 0 Å². The van der Waals surface area contributed by atoms with Crippen LogP contribution in [0.4, 0.5) is 17.1 Å². The Balaban J connectivity index is 1.77. The van der Waals surface area contributed by atoms with E-state index in [1.54, 1.807) is 19.0 Å². The Hall–Kier alpha value is -5.11. The number of primary amides is 1. The summed E-state index contributed by atoms with van der Waals surface area (Å²) >= 11 is 0. The Morgan fingerprint density at radius 1 is 0.944 bits per heavy atom. The predicted molar refractivity (Wildman–Crippen MR) is 129 cm³/mol. The largest absolute Gasteiger partial charge is 0.493 e. The van der Waals surface area contributed by atoms with Crippen molar-refractivity contribution < 1.29 is 19.5 Å². The van der Waals surface area contributed by atoms with E-state index in [-0.39, 0.29) is 34.7 Å². The fraction of sp³-hybridized carbons (Fsp3) is 0.136. The molecule has 36 heavy (non-hydrogen) atoms. The summed E-state index contributed by atoms with van der Waals surface area (Å²) in [5.41, 5.74) is 3.87. The lowest BCUT2D eigenvalue weighted by atomic mass is 10.1. The lowest BCUT2D eigenvalue weighted by molar-refractivity contribution is 0.0934. The van der Waals surface area contributed by atoms with Crippen molar-refractivity contribution in [3.63, 3.8) is 0 Å². The van der Waals surface area contributed by atoms with E-state index in [0.717, 1.165) is 0 Å². The second-order valence-electron chi connectivity index (χ2n) is 7.71. The minimum absolute atomic E-state index is 0.0408. The summed E-state index contributed by atoms with van der Waals surface area (Å²) in [6, 6.07) is 9.77. The average molecular weight is 494 g/mol. The van der Waals surface area contributed by atoms with E-state index in [2.05, 4.69) is 20.9 Å². The number of hydrogen-bond acceptors (Lipinski definition) is 9. The van der Waals surface area contributed by atoms with E-state index in [1.165, 1.54) is 42.5 Å². The molecule has 0 saturated carbocycles. The van der Waals surface area contributed by atoms with Crippen LogP contribution in [0.3, 0.4) is 0 Å². The lowest BCUT2D eigenvalue weighted by Crippen LogP contribution is -2.33. The lowest BCUT2D eigenvalue weighted by Gasteiger charge is -2.13. The summed E-state index contributed by atoms with van der Waals surface area (Å²) in [5, 5.41) is 22.3. The fourth-order valence-corrected chi connectivity index (χ4v) is 2.86. The first-order chi connectivity index (χ1) is 17.0. The van der Waals surface area contributed by atoms with Crippen molar-refractivity contribution in [3.8, 4) is 5.88 Å². The molecule has 0 bridgehead atoms. The predicted octanol–water partition coefficient (Wildman–Crippen LogP) is 0.784. The van der Waals surface area contributed by atoms with Gasteiger partial charge in [-0.2, -0.15) is 5.11 Å². The molecule has 0 atom stereocenters. The van der Waals surface area contributed by atoms with Gasteiger partial charge in [0.25, 0.3) is 17.4 Å². The smallest absolute Gasteiger partial charge is 0.328 e. The van der Waals surface area contributed by atoms with Crippen molar-refractivity contribution in [1.82, 2.24) is 20.2 Å². The monoisotopic (exact) mass is 494 g/mol. The van der Waals surface area contributed by atoms with Crippen LogP contribution in [0.15, 0.2) is 62.3 Å². The third kappa shape index (κ3) is 6.48. The van der Waals surface area contributed by atoms with Crippen molar-refractivity contribution in [2.75, 3.05) is 26.1 Å². The molecular formula is C22H22N8O6. The van der Waals surface area contributed by atoms with Crippen LogP contribution in [0.1, 0.15) is 31.1 Å². The molecule has 0 saturated heterocycles. The average Bonchev–Trinajstić information content (AvgIpc) is 2.81. The van der Waals surface area contributed by atoms with Gasteiger partial charge in [0, 0.05) is 22.4 Å². The molecule has 2 aromatic carbocycles.